The molecule has 0 radical (unpaired) electrons. The molecular formula is C12H14F2O3. The van der Waals surface area contributed by atoms with Crippen LogP contribution in [0, 0.1) is 11.6 Å². The van der Waals surface area contributed by atoms with Crippen LogP contribution in [0.3, 0.4) is 0 Å². The second-order valence-corrected chi connectivity index (χ2v) is 4.00. The van der Waals surface area contributed by atoms with E-state index in [-0.39, 0.29) is 11.3 Å². The van der Waals surface area contributed by atoms with Crippen LogP contribution in [0.1, 0.15) is 24.5 Å². The van der Waals surface area contributed by atoms with Crippen LogP contribution < -0.4 is 4.74 Å². The zero-order chi connectivity index (χ0) is 12.4. The molecule has 1 fully saturated rings. The molecule has 17 heavy (non-hydrogen) atoms. The van der Waals surface area contributed by atoms with Gasteiger partial charge in [0.2, 0.25) is 0 Å². The minimum Gasteiger partial charge on any atom is -0.497 e. The van der Waals surface area contributed by atoms with Crippen molar-refractivity contribution in [2.75, 3.05) is 13.7 Å². The van der Waals surface area contributed by atoms with Crippen molar-refractivity contribution in [3.05, 3.63) is 29.3 Å². The van der Waals surface area contributed by atoms with Crippen LogP contribution in [-0.2, 0) is 4.74 Å². The van der Waals surface area contributed by atoms with Crippen molar-refractivity contribution in [2.24, 2.45) is 0 Å². The highest BCUT2D eigenvalue weighted by Crippen LogP contribution is 2.32. The lowest BCUT2D eigenvalue weighted by atomic mass is 10.0. The molecule has 1 aromatic carbocycles. The van der Waals surface area contributed by atoms with Crippen LogP contribution in [-0.4, -0.2) is 24.9 Å². The Balaban J connectivity index is 2.30. The van der Waals surface area contributed by atoms with Crippen molar-refractivity contribution in [1.29, 1.82) is 0 Å². The molecule has 1 aliphatic rings. The van der Waals surface area contributed by atoms with Gasteiger partial charge < -0.3 is 14.6 Å². The first-order chi connectivity index (χ1) is 8.13. The predicted molar refractivity (Wildman–Crippen MR) is 56.8 cm³/mol. The molecule has 2 atom stereocenters. The number of hydrogen-bond acceptors (Lipinski definition) is 3. The number of methoxy groups -OCH3 is 1. The maximum absolute atomic E-state index is 13.7. The fraction of sp³-hybridized carbons (Fsp3) is 0.500. The first-order valence-corrected chi connectivity index (χ1v) is 5.46. The SMILES string of the molecule is COc1cc(F)c(C(O)C2CCCO2)c(F)c1. The van der Waals surface area contributed by atoms with E-state index in [2.05, 4.69) is 0 Å². The minimum absolute atomic E-state index is 0.0864. The standard InChI is InChI=1S/C12H14F2O3/c1-16-7-5-8(13)11(9(14)6-7)12(15)10-3-2-4-17-10/h5-6,10,12,15H,2-4H2,1H3. The molecule has 1 heterocycles. The molecule has 0 saturated carbocycles. The zero-order valence-electron chi connectivity index (χ0n) is 9.45. The van der Waals surface area contributed by atoms with E-state index in [4.69, 9.17) is 9.47 Å². The number of aliphatic hydroxyl groups is 1. The summed E-state index contributed by atoms with van der Waals surface area (Å²) in [5, 5.41) is 9.90. The van der Waals surface area contributed by atoms with Crippen molar-refractivity contribution in [2.45, 2.75) is 25.0 Å². The van der Waals surface area contributed by atoms with Gasteiger partial charge in [-0.2, -0.15) is 0 Å². The fourth-order valence-electron chi connectivity index (χ4n) is 2.00. The molecular weight excluding hydrogens is 230 g/mol. The van der Waals surface area contributed by atoms with Gasteiger partial charge in [0.15, 0.2) is 0 Å². The molecule has 1 aromatic rings. The summed E-state index contributed by atoms with van der Waals surface area (Å²) in [7, 11) is 1.32. The molecule has 1 saturated heterocycles. The Labute approximate surface area is 98.0 Å². The fourth-order valence-corrected chi connectivity index (χ4v) is 2.00. The Bertz CT molecular complexity index is 380. The Morgan fingerprint density at radius 1 is 1.41 bits per heavy atom. The predicted octanol–water partition coefficient (Wildman–Crippen LogP) is 2.19. The molecule has 1 N–H and O–H groups in total. The highest BCUT2D eigenvalue weighted by atomic mass is 19.1. The molecule has 5 heteroatoms. The van der Waals surface area contributed by atoms with Gasteiger partial charge in [-0.3, -0.25) is 0 Å². The van der Waals surface area contributed by atoms with Gasteiger partial charge in [-0.25, -0.2) is 8.78 Å². The van der Waals surface area contributed by atoms with E-state index >= 15 is 0 Å². The molecule has 0 aliphatic carbocycles. The van der Waals surface area contributed by atoms with E-state index < -0.39 is 23.8 Å². The number of aliphatic hydroxyl groups excluding tert-OH is 1. The van der Waals surface area contributed by atoms with Crippen molar-refractivity contribution < 1.29 is 23.4 Å². The summed E-state index contributed by atoms with van der Waals surface area (Å²) in [6.07, 6.45) is -0.413. The maximum Gasteiger partial charge on any atom is 0.135 e. The lowest BCUT2D eigenvalue weighted by Crippen LogP contribution is -2.19. The first-order valence-electron chi connectivity index (χ1n) is 5.46. The Morgan fingerprint density at radius 2 is 2.06 bits per heavy atom. The van der Waals surface area contributed by atoms with Gasteiger partial charge in [-0.1, -0.05) is 0 Å². The normalized spacial score (nSPS) is 21.5. The molecule has 0 amide bonds. The Morgan fingerprint density at radius 3 is 2.53 bits per heavy atom. The highest BCUT2D eigenvalue weighted by Gasteiger charge is 2.30. The third-order valence-corrected chi connectivity index (χ3v) is 2.90. The summed E-state index contributed by atoms with van der Waals surface area (Å²) in [6, 6.07) is 2.10. The number of ether oxygens (including phenoxy) is 2. The van der Waals surface area contributed by atoms with Gasteiger partial charge in [-0.15, -0.1) is 0 Å². The van der Waals surface area contributed by atoms with Crippen molar-refractivity contribution in [3.63, 3.8) is 0 Å². The van der Waals surface area contributed by atoms with Crippen molar-refractivity contribution in [1.82, 2.24) is 0 Å². The van der Waals surface area contributed by atoms with E-state index in [1.807, 2.05) is 0 Å². The summed E-state index contributed by atoms with van der Waals surface area (Å²) < 4.78 is 37.3. The highest BCUT2D eigenvalue weighted by molar-refractivity contribution is 5.32. The van der Waals surface area contributed by atoms with Gasteiger partial charge in [0, 0.05) is 18.7 Å². The first kappa shape index (κ1) is 12.3. The number of benzene rings is 1. The number of hydrogen-bond donors (Lipinski definition) is 1. The number of rotatable bonds is 3. The molecule has 0 bridgehead atoms. The third-order valence-electron chi connectivity index (χ3n) is 2.90. The smallest absolute Gasteiger partial charge is 0.135 e. The van der Waals surface area contributed by atoms with E-state index in [1.54, 1.807) is 0 Å². The van der Waals surface area contributed by atoms with Crippen LogP contribution in [0.15, 0.2) is 12.1 Å². The van der Waals surface area contributed by atoms with Crippen LogP contribution in [0.4, 0.5) is 8.78 Å². The summed E-state index contributed by atoms with van der Waals surface area (Å²) in [4.78, 5) is 0. The van der Waals surface area contributed by atoms with Gasteiger partial charge in [0.05, 0.1) is 18.8 Å². The topological polar surface area (TPSA) is 38.7 Å². The van der Waals surface area contributed by atoms with Crippen LogP contribution in [0.5, 0.6) is 5.75 Å². The monoisotopic (exact) mass is 244 g/mol. The second kappa shape index (κ2) is 4.98. The van der Waals surface area contributed by atoms with Gasteiger partial charge in [0.1, 0.15) is 23.5 Å². The average Bonchev–Trinajstić information content (AvgIpc) is 2.81. The zero-order valence-corrected chi connectivity index (χ0v) is 9.45. The Kier molecular flexibility index (Phi) is 3.59. The molecule has 94 valence electrons. The quantitative estimate of drug-likeness (QED) is 0.885. The minimum atomic E-state index is -1.27. The van der Waals surface area contributed by atoms with Crippen LogP contribution >= 0.6 is 0 Å². The molecule has 2 rings (SSSR count). The summed E-state index contributed by atoms with van der Waals surface area (Å²) >= 11 is 0. The number of halogens is 2. The molecule has 0 aromatic heterocycles. The van der Waals surface area contributed by atoms with E-state index in [0.29, 0.717) is 13.0 Å². The third kappa shape index (κ3) is 2.40. The maximum atomic E-state index is 13.7. The summed E-state index contributed by atoms with van der Waals surface area (Å²) in [5.41, 5.74) is -0.349. The molecule has 1 aliphatic heterocycles. The summed E-state index contributed by atoms with van der Waals surface area (Å²) in [5.74, 6) is -1.54. The van der Waals surface area contributed by atoms with Crippen molar-refractivity contribution >= 4 is 0 Å². The lowest BCUT2D eigenvalue weighted by molar-refractivity contribution is -0.00609. The Hall–Kier alpha value is -1.20. The molecule has 3 nitrogen and oxygen atoms in total. The van der Waals surface area contributed by atoms with Crippen LogP contribution in [0.2, 0.25) is 0 Å². The van der Waals surface area contributed by atoms with Crippen LogP contribution in [0.25, 0.3) is 0 Å². The molecule has 2 unspecified atom stereocenters. The van der Waals surface area contributed by atoms with E-state index in [1.165, 1.54) is 7.11 Å². The van der Waals surface area contributed by atoms with E-state index in [0.717, 1.165) is 18.6 Å². The van der Waals surface area contributed by atoms with Gasteiger partial charge >= 0.3 is 0 Å². The largest absolute Gasteiger partial charge is 0.497 e. The average molecular weight is 244 g/mol. The van der Waals surface area contributed by atoms with Gasteiger partial charge in [-0.05, 0) is 12.8 Å². The lowest BCUT2D eigenvalue weighted by Gasteiger charge is -2.19. The van der Waals surface area contributed by atoms with E-state index in [9.17, 15) is 13.9 Å². The van der Waals surface area contributed by atoms with Gasteiger partial charge in [0.25, 0.3) is 0 Å². The molecule has 0 spiro atoms. The summed E-state index contributed by atoms with van der Waals surface area (Å²) in [6.45, 7) is 0.515. The van der Waals surface area contributed by atoms with Crippen molar-refractivity contribution in [3.8, 4) is 5.75 Å². The second-order valence-electron chi connectivity index (χ2n) is 4.00.